The zero-order chi connectivity index (χ0) is 22.8. The van der Waals surface area contributed by atoms with Crippen molar-refractivity contribution >= 4 is 29.1 Å². The van der Waals surface area contributed by atoms with Gasteiger partial charge in [-0.2, -0.15) is 0 Å². The molecule has 5 nitrogen and oxygen atoms in total. The molecule has 1 amide bonds. The summed E-state index contributed by atoms with van der Waals surface area (Å²) in [6, 6.07) is 19.4. The number of rotatable bonds is 5. The molecule has 3 aromatic rings. The topological polar surface area (TPSA) is 39.9 Å². The summed E-state index contributed by atoms with van der Waals surface area (Å²) in [7, 11) is 0. The van der Waals surface area contributed by atoms with Crippen LogP contribution in [0, 0.1) is 0 Å². The summed E-state index contributed by atoms with van der Waals surface area (Å²) >= 11 is 11.9. The minimum atomic E-state index is 0.0992. The Labute approximate surface area is 204 Å². The molecule has 1 unspecified atom stereocenters. The fraction of sp³-hybridized carbons (Fsp3) is 0.346. The van der Waals surface area contributed by atoms with Crippen molar-refractivity contribution in [2.45, 2.75) is 19.0 Å². The van der Waals surface area contributed by atoms with Gasteiger partial charge in [-0.25, -0.2) is 0 Å². The molecule has 3 heterocycles. The molecule has 2 aliphatic rings. The van der Waals surface area contributed by atoms with E-state index in [4.69, 9.17) is 27.6 Å². The van der Waals surface area contributed by atoms with Crippen LogP contribution in [0.4, 0.5) is 0 Å². The van der Waals surface area contributed by atoms with Gasteiger partial charge >= 0.3 is 0 Å². The molecule has 0 saturated carbocycles. The highest BCUT2D eigenvalue weighted by molar-refractivity contribution is 6.30. The van der Waals surface area contributed by atoms with Gasteiger partial charge < -0.3 is 9.32 Å². The normalized spacial score (nSPS) is 19.8. The first-order valence-electron chi connectivity index (χ1n) is 11.4. The van der Waals surface area contributed by atoms with E-state index in [0.717, 1.165) is 74.3 Å². The van der Waals surface area contributed by atoms with Crippen molar-refractivity contribution in [3.63, 3.8) is 0 Å². The predicted molar refractivity (Wildman–Crippen MR) is 132 cm³/mol. The van der Waals surface area contributed by atoms with Gasteiger partial charge in [-0.15, -0.1) is 0 Å². The summed E-state index contributed by atoms with van der Waals surface area (Å²) < 4.78 is 6.08. The number of carbonyl (C=O) groups excluding carboxylic acids is 1. The molecule has 0 spiro atoms. The van der Waals surface area contributed by atoms with Crippen molar-refractivity contribution in [2.24, 2.45) is 0 Å². The maximum absolute atomic E-state index is 12.8. The number of carbonyl (C=O) groups is 1. The van der Waals surface area contributed by atoms with Crippen molar-refractivity contribution in [1.82, 2.24) is 14.7 Å². The van der Waals surface area contributed by atoms with Gasteiger partial charge in [0.25, 0.3) is 5.91 Å². The van der Waals surface area contributed by atoms with Gasteiger partial charge in [0.2, 0.25) is 0 Å². The Bertz CT molecular complexity index is 1090. The minimum Gasteiger partial charge on any atom is -0.460 e. The van der Waals surface area contributed by atoms with E-state index in [-0.39, 0.29) is 5.91 Å². The average molecular weight is 484 g/mol. The lowest BCUT2D eigenvalue weighted by molar-refractivity contribution is 0.0726. The van der Waals surface area contributed by atoms with Crippen LogP contribution in [0.1, 0.15) is 22.5 Å². The van der Waals surface area contributed by atoms with E-state index in [1.807, 2.05) is 47.4 Å². The van der Waals surface area contributed by atoms with E-state index < -0.39 is 0 Å². The average Bonchev–Trinajstić information content (AvgIpc) is 3.51. The summed E-state index contributed by atoms with van der Waals surface area (Å²) in [5, 5.41) is 1.38. The number of amides is 1. The van der Waals surface area contributed by atoms with E-state index in [9.17, 15) is 4.79 Å². The fourth-order valence-electron chi connectivity index (χ4n) is 4.74. The van der Waals surface area contributed by atoms with E-state index in [1.165, 1.54) is 0 Å². The second kappa shape index (κ2) is 9.90. The minimum absolute atomic E-state index is 0.0992. The van der Waals surface area contributed by atoms with Crippen molar-refractivity contribution < 1.29 is 9.21 Å². The van der Waals surface area contributed by atoms with E-state index in [0.29, 0.717) is 16.6 Å². The van der Waals surface area contributed by atoms with Crippen LogP contribution in [0.25, 0.3) is 11.3 Å². The van der Waals surface area contributed by atoms with Gasteiger partial charge in [-0.1, -0.05) is 23.2 Å². The highest BCUT2D eigenvalue weighted by Gasteiger charge is 2.32. The second-order valence-electron chi connectivity index (χ2n) is 8.79. The standard InChI is InChI=1S/C26H27Cl2N3O2/c27-21-5-1-19(2-6-21)25-10-9-24(33-25)18-29-13-15-30(16-14-29)23-11-12-31(17-23)26(32)20-3-7-22(28)8-4-20/h1-10,23H,11-18H2. The molecule has 1 aromatic heterocycles. The SMILES string of the molecule is O=C(c1ccc(Cl)cc1)N1CCC(N2CCN(Cc3ccc(-c4ccc(Cl)cc4)o3)CC2)C1. The second-order valence-corrected chi connectivity index (χ2v) is 9.66. The zero-order valence-corrected chi connectivity index (χ0v) is 19.9. The van der Waals surface area contributed by atoms with Crippen LogP contribution in [0.3, 0.4) is 0 Å². The summed E-state index contributed by atoms with van der Waals surface area (Å²) in [6.45, 7) is 6.44. The molecule has 0 aliphatic carbocycles. The maximum Gasteiger partial charge on any atom is 0.253 e. The Morgan fingerprint density at radius 3 is 2.21 bits per heavy atom. The molecule has 33 heavy (non-hydrogen) atoms. The first-order chi connectivity index (χ1) is 16.0. The van der Waals surface area contributed by atoms with Crippen molar-refractivity contribution in [1.29, 1.82) is 0 Å². The molecule has 5 rings (SSSR count). The quantitative estimate of drug-likeness (QED) is 0.494. The number of halogens is 2. The highest BCUT2D eigenvalue weighted by atomic mass is 35.5. The summed E-state index contributed by atoms with van der Waals surface area (Å²) in [5.41, 5.74) is 1.75. The Morgan fingerprint density at radius 2 is 1.52 bits per heavy atom. The van der Waals surface area contributed by atoms with Gasteiger partial charge in [0.15, 0.2) is 0 Å². The maximum atomic E-state index is 12.8. The number of nitrogens with zero attached hydrogens (tertiary/aromatic N) is 3. The molecular formula is C26H27Cl2N3O2. The predicted octanol–water partition coefficient (Wildman–Crippen LogP) is 5.29. The summed E-state index contributed by atoms with van der Waals surface area (Å²) in [5.74, 6) is 1.95. The molecule has 2 saturated heterocycles. The Hall–Kier alpha value is -2.31. The lowest BCUT2D eigenvalue weighted by Gasteiger charge is -2.37. The third-order valence-electron chi connectivity index (χ3n) is 6.63. The van der Waals surface area contributed by atoms with E-state index in [1.54, 1.807) is 12.1 Å². The molecule has 2 aromatic carbocycles. The van der Waals surface area contributed by atoms with Crippen LogP contribution < -0.4 is 0 Å². The van der Waals surface area contributed by atoms with Crippen molar-refractivity contribution in [3.05, 3.63) is 82.0 Å². The monoisotopic (exact) mass is 483 g/mol. The molecule has 172 valence electrons. The third-order valence-corrected chi connectivity index (χ3v) is 7.14. The van der Waals surface area contributed by atoms with Crippen molar-refractivity contribution in [2.75, 3.05) is 39.3 Å². The Balaban J connectivity index is 1.11. The molecular weight excluding hydrogens is 457 g/mol. The first kappa shape index (κ1) is 22.5. The number of likely N-dealkylation sites (tertiary alicyclic amines) is 1. The molecule has 1 atom stereocenters. The highest BCUT2D eigenvalue weighted by Crippen LogP contribution is 2.25. The zero-order valence-electron chi connectivity index (χ0n) is 18.4. The van der Waals surface area contributed by atoms with Crippen LogP contribution in [0.5, 0.6) is 0 Å². The van der Waals surface area contributed by atoms with Crippen LogP contribution in [-0.2, 0) is 6.54 Å². The van der Waals surface area contributed by atoms with E-state index >= 15 is 0 Å². The lowest BCUT2D eigenvalue weighted by Crippen LogP contribution is -2.50. The number of hydrogen-bond acceptors (Lipinski definition) is 4. The van der Waals surface area contributed by atoms with Gasteiger partial charge in [-0.3, -0.25) is 14.6 Å². The van der Waals surface area contributed by atoms with E-state index in [2.05, 4.69) is 15.9 Å². The first-order valence-corrected chi connectivity index (χ1v) is 12.2. The van der Waals surface area contributed by atoms with Gasteiger partial charge in [-0.05, 0) is 67.1 Å². The number of hydrogen-bond donors (Lipinski definition) is 0. The third kappa shape index (κ3) is 5.28. The van der Waals surface area contributed by atoms with Gasteiger partial charge in [0.05, 0.1) is 6.54 Å². The number of piperazine rings is 1. The molecule has 2 fully saturated rings. The van der Waals surface area contributed by atoms with Gasteiger partial charge in [0, 0.05) is 66.5 Å². The Morgan fingerprint density at radius 1 is 0.848 bits per heavy atom. The van der Waals surface area contributed by atoms with Crippen LogP contribution in [0.15, 0.2) is 65.1 Å². The van der Waals surface area contributed by atoms with Crippen LogP contribution >= 0.6 is 23.2 Å². The van der Waals surface area contributed by atoms with Crippen molar-refractivity contribution in [3.8, 4) is 11.3 Å². The Kier molecular flexibility index (Phi) is 6.74. The molecule has 0 N–H and O–H groups in total. The number of benzene rings is 2. The molecule has 0 radical (unpaired) electrons. The van der Waals surface area contributed by atoms with Crippen LogP contribution in [0.2, 0.25) is 10.0 Å². The smallest absolute Gasteiger partial charge is 0.253 e. The lowest BCUT2D eigenvalue weighted by atomic mass is 10.2. The molecule has 2 aliphatic heterocycles. The summed E-state index contributed by atoms with van der Waals surface area (Å²) in [6.07, 6.45) is 1.03. The number of furan rings is 1. The van der Waals surface area contributed by atoms with Gasteiger partial charge in [0.1, 0.15) is 11.5 Å². The molecule has 0 bridgehead atoms. The van der Waals surface area contributed by atoms with Crippen LogP contribution in [-0.4, -0.2) is 65.9 Å². The largest absolute Gasteiger partial charge is 0.460 e. The molecule has 7 heteroatoms. The fourth-order valence-corrected chi connectivity index (χ4v) is 4.99. The summed E-state index contributed by atoms with van der Waals surface area (Å²) in [4.78, 5) is 19.7.